The molecule has 0 aromatic heterocycles. The van der Waals surface area contributed by atoms with Crippen molar-refractivity contribution < 1.29 is 28.3 Å². The van der Waals surface area contributed by atoms with Gasteiger partial charge in [0.15, 0.2) is 12.4 Å². The van der Waals surface area contributed by atoms with Crippen molar-refractivity contribution in [1.29, 1.82) is 0 Å². The Morgan fingerprint density at radius 2 is 1.63 bits per heavy atom. The number of halogens is 1. The quantitative estimate of drug-likeness (QED) is 0.544. The minimum atomic E-state index is -0.733. The van der Waals surface area contributed by atoms with Crippen LogP contribution in [0.2, 0.25) is 0 Å². The summed E-state index contributed by atoms with van der Waals surface area (Å²) in [6.45, 7) is -0.573. The Balaban J connectivity index is 1.78. The normalized spacial score (nSPS) is 10.1. The zero-order valence-corrected chi connectivity index (χ0v) is 14.2. The molecule has 27 heavy (non-hydrogen) atoms. The van der Waals surface area contributed by atoms with Crippen LogP contribution in [-0.4, -0.2) is 30.2 Å². The molecule has 3 N–H and O–H groups in total. The van der Waals surface area contributed by atoms with E-state index in [1.165, 1.54) is 24.3 Å². The number of ketones is 1. The number of nitrogens with two attached hydrogens (primary N) is 1. The van der Waals surface area contributed by atoms with Crippen LogP contribution < -0.4 is 11.1 Å². The van der Waals surface area contributed by atoms with E-state index in [0.29, 0.717) is 0 Å². The van der Waals surface area contributed by atoms with Crippen LogP contribution in [0, 0.1) is 5.82 Å². The van der Waals surface area contributed by atoms with Gasteiger partial charge in [-0.3, -0.25) is 19.2 Å². The van der Waals surface area contributed by atoms with Gasteiger partial charge < -0.3 is 15.8 Å². The summed E-state index contributed by atoms with van der Waals surface area (Å²) >= 11 is 0. The van der Waals surface area contributed by atoms with Crippen LogP contribution in [0.5, 0.6) is 0 Å². The molecule has 0 heterocycles. The summed E-state index contributed by atoms with van der Waals surface area (Å²) in [5.41, 5.74) is 5.82. The third kappa shape index (κ3) is 6.03. The van der Waals surface area contributed by atoms with Crippen LogP contribution in [0.15, 0.2) is 48.5 Å². The van der Waals surface area contributed by atoms with Crippen molar-refractivity contribution in [2.24, 2.45) is 5.73 Å². The van der Waals surface area contributed by atoms with E-state index in [2.05, 4.69) is 5.32 Å². The lowest BCUT2D eigenvalue weighted by Gasteiger charge is -2.09. The third-order valence-electron chi connectivity index (χ3n) is 3.55. The van der Waals surface area contributed by atoms with E-state index in [-0.39, 0.29) is 35.4 Å². The van der Waals surface area contributed by atoms with Gasteiger partial charge in [-0.05, 0) is 36.4 Å². The molecule has 2 aromatic carbocycles. The average Bonchev–Trinajstić information content (AvgIpc) is 2.65. The highest BCUT2D eigenvalue weighted by atomic mass is 19.1. The first-order valence-corrected chi connectivity index (χ1v) is 8.00. The number of primary amides is 1. The monoisotopic (exact) mass is 372 g/mol. The van der Waals surface area contributed by atoms with Crippen LogP contribution in [0.1, 0.15) is 33.6 Å². The predicted molar refractivity (Wildman–Crippen MR) is 94.5 cm³/mol. The Kier molecular flexibility index (Phi) is 6.76. The largest absolute Gasteiger partial charge is 0.456 e. The highest BCUT2D eigenvalue weighted by Gasteiger charge is 2.14. The highest BCUT2D eigenvalue weighted by molar-refractivity contribution is 6.03. The third-order valence-corrected chi connectivity index (χ3v) is 3.55. The van der Waals surface area contributed by atoms with Crippen molar-refractivity contribution in [2.75, 3.05) is 11.9 Å². The van der Waals surface area contributed by atoms with Gasteiger partial charge in [-0.25, -0.2) is 4.39 Å². The second-order valence-corrected chi connectivity index (χ2v) is 5.55. The number of Topliss-reactive ketones (excluding diaryl/α,β-unsaturated/α-hetero) is 1. The van der Waals surface area contributed by atoms with Crippen LogP contribution >= 0.6 is 0 Å². The molecule has 2 aromatic rings. The van der Waals surface area contributed by atoms with Crippen molar-refractivity contribution in [1.82, 2.24) is 0 Å². The maximum Gasteiger partial charge on any atom is 0.306 e. The summed E-state index contributed by atoms with van der Waals surface area (Å²) in [6.07, 6.45) is -0.349. The van der Waals surface area contributed by atoms with E-state index < -0.39 is 30.2 Å². The maximum absolute atomic E-state index is 12.8. The van der Waals surface area contributed by atoms with Gasteiger partial charge in [0, 0.05) is 12.0 Å². The van der Waals surface area contributed by atoms with Crippen LogP contribution in [0.4, 0.5) is 10.1 Å². The van der Waals surface area contributed by atoms with Gasteiger partial charge >= 0.3 is 5.97 Å². The number of carbonyl (C=O) groups excluding carboxylic acids is 4. The van der Waals surface area contributed by atoms with Gasteiger partial charge in [-0.15, -0.1) is 0 Å². The standard InChI is InChI=1S/C19H17FN2O5/c20-13-7-5-12(6-8-13)16(23)9-10-18(25)27-11-17(24)22-15-4-2-1-3-14(15)19(21)26/h1-8H,9-11H2,(H2,21,26)(H,22,24). The summed E-state index contributed by atoms with van der Waals surface area (Å²) in [6, 6.07) is 11.1. The number of esters is 1. The first-order chi connectivity index (χ1) is 12.9. The fraction of sp³-hybridized carbons (Fsp3) is 0.158. The molecule has 0 aliphatic carbocycles. The number of hydrogen-bond acceptors (Lipinski definition) is 5. The van der Waals surface area contributed by atoms with Crippen LogP contribution in [-0.2, 0) is 14.3 Å². The smallest absolute Gasteiger partial charge is 0.306 e. The number of carbonyl (C=O) groups is 4. The Morgan fingerprint density at radius 3 is 2.30 bits per heavy atom. The molecule has 0 radical (unpaired) electrons. The van der Waals surface area contributed by atoms with E-state index in [9.17, 15) is 23.6 Å². The fourth-order valence-corrected chi connectivity index (χ4v) is 2.21. The van der Waals surface area contributed by atoms with Crippen molar-refractivity contribution in [3.8, 4) is 0 Å². The topological polar surface area (TPSA) is 116 Å². The molecular weight excluding hydrogens is 355 g/mol. The first-order valence-electron chi connectivity index (χ1n) is 8.00. The molecule has 0 fully saturated rings. The minimum absolute atomic E-state index is 0.127. The van der Waals surface area contributed by atoms with Gasteiger partial charge in [0.25, 0.3) is 11.8 Å². The summed E-state index contributed by atoms with van der Waals surface area (Å²) in [4.78, 5) is 46.7. The van der Waals surface area contributed by atoms with Crippen molar-refractivity contribution >= 4 is 29.3 Å². The number of ether oxygens (including phenoxy) is 1. The number of benzene rings is 2. The molecule has 2 rings (SSSR count). The molecule has 140 valence electrons. The van der Waals surface area contributed by atoms with Gasteiger partial charge in [-0.2, -0.15) is 0 Å². The van der Waals surface area contributed by atoms with E-state index >= 15 is 0 Å². The van der Waals surface area contributed by atoms with Gasteiger partial charge in [0.05, 0.1) is 17.7 Å². The molecular formula is C19H17FN2O5. The minimum Gasteiger partial charge on any atom is -0.456 e. The maximum atomic E-state index is 12.8. The average molecular weight is 372 g/mol. The first kappa shape index (κ1) is 19.8. The Bertz CT molecular complexity index is 865. The van der Waals surface area contributed by atoms with Gasteiger partial charge in [0.2, 0.25) is 0 Å². The lowest BCUT2D eigenvalue weighted by molar-refractivity contribution is -0.147. The molecule has 0 saturated carbocycles. The number of hydrogen-bond donors (Lipinski definition) is 2. The van der Waals surface area contributed by atoms with Crippen LogP contribution in [0.3, 0.4) is 0 Å². The van der Waals surface area contributed by atoms with Crippen molar-refractivity contribution in [3.05, 3.63) is 65.5 Å². The Labute approximate surface area is 154 Å². The summed E-state index contributed by atoms with van der Waals surface area (Å²) in [5, 5.41) is 2.42. The number of anilines is 1. The molecule has 0 saturated heterocycles. The zero-order valence-electron chi connectivity index (χ0n) is 14.2. The number of para-hydroxylation sites is 1. The van der Waals surface area contributed by atoms with E-state index in [1.54, 1.807) is 12.1 Å². The van der Waals surface area contributed by atoms with E-state index in [1.807, 2.05) is 0 Å². The molecule has 0 aliphatic rings. The number of nitrogens with one attached hydrogen (secondary N) is 1. The Hall–Kier alpha value is -3.55. The zero-order chi connectivity index (χ0) is 19.8. The summed E-state index contributed by atoms with van der Waals surface area (Å²) in [5.74, 6) is -2.89. The molecule has 7 nitrogen and oxygen atoms in total. The lowest BCUT2D eigenvalue weighted by Crippen LogP contribution is -2.23. The fourth-order valence-electron chi connectivity index (χ4n) is 2.21. The summed E-state index contributed by atoms with van der Waals surface area (Å²) < 4.78 is 17.6. The molecule has 0 atom stereocenters. The van der Waals surface area contributed by atoms with Crippen LogP contribution in [0.25, 0.3) is 0 Å². The molecule has 0 aliphatic heterocycles. The van der Waals surface area contributed by atoms with Gasteiger partial charge in [0.1, 0.15) is 5.82 Å². The van der Waals surface area contributed by atoms with Crippen molar-refractivity contribution in [3.63, 3.8) is 0 Å². The number of amides is 2. The molecule has 2 amide bonds. The molecule has 0 bridgehead atoms. The van der Waals surface area contributed by atoms with Gasteiger partial charge in [-0.1, -0.05) is 12.1 Å². The molecule has 8 heteroatoms. The van der Waals surface area contributed by atoms with E-state index in [4.69, 9.17) is 10.5 Å². The summed E-state index contributed by atoms with van der Waals surface area (Å²) in [7, 11) is 0. The lowest BCUT2D eigenvalue weighted by atomic mass is 10.1. The molecule has 0 unspecified atom stereocenters. The van der Waals surface area contributed by atoms with E-state index in [0.717, 1.165) is 12.1 Å². The highest BCUT2D eigenvalue weighted by Crippen LogP contribution is 2.14. The second-order valence-electron chi connectivity index (χ2n) is 5.55. The Morgan fingerprint density at radius 1 is 0.963 bits per heavy atom. The molecule has 0 spiro atoms. The number of rotatable bonds is 8. The SMILES string of the molecule is NC(=O)c1ccccc1NC(=O)COC(=O)CCC(=O)c1ccc(F)cc1. The van der Waals surface area contributed by atoms with Crippen molar-refractivity contribution in [2.45, 2.75) is 12.8 Å². The second kappa shape index (κ2) is 9.23. The predicted octanol–water partition coefficient (Wildman–Crippen LogP) is 2.07.